The highest BCUT2D eigenvalue weighted by Crippen LogP contribution is 2.25. The van der Waals surface area contributed by atoms with E-state index in [4.69, 9.17) is 0 Å². The van der Waals surface area contributed by atoms with Gasteiger partial charge in [-0.25, -0.2) is 21.6 Å². The molecule has 9 heteroatoms. The molecule has 1 aromatic rings. The van der Waals surface area contributed by atoms with E-state index in [1.165, 1.54) is 0 Å². The first-order valence-corrected chi connectivity index (χ1v) is 8.29. The maximum absolute atomic E-state index is 13.7. The van der Waals surface area contributed by atoms with Gasteiger partial charge in [0.1, 0.15) is 0 Å². The quantitative estimate of drug-likeness (QED) is 0.802. The number of carbonyl (C=O) groups excluding carboxylic acids is 1. The number of sulfonamides is 1. The molecule has 0 aliphatic rings. The smallest absolute Gasteiger partial charge is 0.232 e. The van der Waals surface area contributed by atoms with Gasteiger partial charge >= 0.3 is 0 Å². The molecule has 0 unspecified atom stereocenters. The Morgan fingerprint density at radius 1 is 1.23 bits per heavy atom. The lowest BCUT2D eigenvalue weighted by molar-refractivity contribution is -0.123. The summed E-state index contributed by atoms with van der Waals surface area (Å²) in [5.41, 5.74) is -0.611. The van der Waals surface area contributed by atoms with Crippen LogP contribution >= 0.6 is 0 Å². The van der Waals surface area contributed by atoms with Gasteiger partial charge in [0, 0.05) is 12.5 Å². The largest absolute Gasteiger partial charge is 0.354 e. The van der Waals surface area contributed by atoms with Gasteiger partial charge in [-0.2, -0.15) is 0 Å². The van der Waals surface area contributed by atoms with Crippen LogP contribution in [0, 0.1) is 23.4 Å². The molecule has 0 radical (unpaired) electrons. The normalized spacial score (nSPS) is 11.6. The van der Waals surface area contributed by atoms with Crippen molar-refractivity contribution >= 4 is 21.6 Å². The van der Waals surface area contributed by atoms with Crippen LogP contribution in [0.1, 0.15) is 13.8 Å². The minimum absolute atomic E-state index is 0.0947. The third-order valence-corrected chi connectivity index (χ3v) is 4.00. The van der Waals surface area contributed by atoms with E-state index in [0.717, 1.165) is 12.3 Å². The average molecular weight is 338 g/mol. The highest BCUT2D eigenvalue weighted by molar-refractivity contribution is 7.92. The fourth-order valence-electron chi connectivity index (χ4n) is 1.66. The maximum Gasteiger partial charge on any atom is 0.232 e. The number of amides is 1. The van der Waals surface area contributed by atoms with Crippen molar-refractivity contribution in [3.8, 4) is 0 Å². The first-order valence-electron chi connectivity index (χ1n) is 6.44. The molecule has 1 aromatic carbocycles. The number of nitrogens with zero attached hydrogens (tertiary/aromatic N) is 1. The molecule has 0 saturated heterocycles. The zero-order valence-electron chi connectivity index (χ0n) is 12.4. The highest BCUT2D eigenvalue weighted by atomic mass is 32.2. The van der Waals surface area contributed by atoms with Crippen LogP contribution in [0.2, 0.25) is 0 Å². The van der Waals surface area contributed by atoms with Crippen LogP contribution in [0.5, 0.6) is 0 Å². The molecule has 0 fully saturated rings. The fraction of sp³-hybridized carbons (Fsp3) is 0.462. The molecule has 1 amide bonds. The van der Waals surface area contributed by atoms with Crippen LogP contribution in [0.15, 0.2) is 12.1 Å². The van der Waals surface area contributed by atoms with Crippen molar-refractivity contribution in [3.63, 3.8) is 0 Å². The number of hydrogen-bond donors (Lipinski definition) is 1. The molecule has 0 aliphatic carbocycles. The Balaban J connectivity index is 3.01. The van der Waals surface area contributed by atoms with E-state index in [-0.39, 0.29) is 24.9 Å². The third kappa shape index (κ3) is 4.36. The fourth-order valence-corrected chi connectivity index (χ4v) is 2.58. The van der Waals surface area contributed by atoms with Crippen molar-refractivity contribution < 1.29 is 26.4 Å². The van der Waals surface area contributed by atoms with Gasteiger partial charge in [0.25, 0.3) is 0 Å². The average Bonchev–Trinajstić information content (AvgIpc) is 2.40. The highest BCUT2D eigenvalue weighted by Gasteiger charge is 2.24. The summed E-state index contributed by atoms with van der Waals surface area (Å²) in [7, 11) is -3.94. The first-order chi connectivity index (χ1) is 10.1. The van der Waals surface area contributed by atoms with Gasteiger partial charge < -0.3 is 5.32 Å². The van der Waals surface area contributed by atoms with E-state index < -0.39 is 33.2 Å². The van der Waals surface area contributed by atoms with Crippen LogP contribution in [0.4, 0.5) is 18.9 Å². The van der Waals surface area contributed by atoms with E-state index in [1.807, 2.05) is 0 Å². The molecule has 0 aromatic heterocycles. The van der Waals surface area contributed by atoms with Crippen LogP contribution in [-0.4, -0.2) is 33.7 Å². The Hall–Kier alpha value is -1.77. The molecule has 0 aliphatic heterocycles. The number of anilines is 1. The zero-order chi connectivity index (χ0) is 17.1. The van der Waals surface area contributed by atoms with Crippen molar-refractivity contribution in [2.24, 2.45) is 5.92 Å². The molecule has 0 heterocycles. The SMILES string of the molecule is CC(C)C(=O)NCCN(c1ccc(F)c(F)c1F)S(C)(=O)=O. The summed E-state index contributed by atoms with van der Waals surface area (Å²) in [6.45, 7) is 2.90. The maximum atomic E-state index is 13.7. The van der Waals surface area contributed by atoms with Gasteiger partial charge in [0.15, 0.2) is 17.5 Å². The second-order valence-electron chi connectivity index (χ2n) is 4.98. The van der Waals surface area contributed by atoms with E-state index in [9.17, 15) is 26.4 Å². The number of carbonyl (C=O) groups is 1. The number of hydrogen-bond acceptors (Lipinski definition) is 3. The lowest BCUT2D eigenvalue weighted by Gasteiger charge is -2.23. The third-order valence-electron chi connectivity index (χ3n) is 2.82. The van der Waals surface area contributed by atoms with Gasteiger partial charge in [0.05, 0.1) is 18.5 Å². The summed E-state index contributed by atoms with van der Waals surface area (Å²) in [6, 6.07) is 1.47. The van der Waals surface area contributed by atoms with E-state index in [2.05, 4.69) is 5.32 Å². The molecule has 1 rings (SSSR count). The molecule has 1 N–H and O–H groups in total. The molecule has 0 bridgehead atoms. The molecule has 124 valence electrons. The van der Waals surface area contributed by atoms with Crippen LogP contribution in [-0.2, 0) is 14.8 Å². The Morgan fingerprint density at radius 3 is 2.32 bits per heavy atom. The van der Waals surface area contributed by atoms with Gasteiger partial charge in [-0.1, -0.05) is 13.8 Å². The molecule has 0 saturated carbocycles. The number of nitrogens with one attached hydrogen (secondary N) is 1. The van der Waals surface area contributed by atoms with Gasteiger partial charge in [0.2, 0.25) is 15.9 Å². The monoisotopic (exact) mass is 338 g/mol. The topological polar surface area (TPSA) is 66.5 Å². The van der Waals surface area contributed by atoms with Crippen molar-refractivity contribution in [2.75, 3.05) is 23.7 Å². The zero-order valence-corrected chi connectivity index (χ0v) is 13.2. The Bertz CT molecular complexity index is 663. The molecular weight excluding hydrogens is 321 g/mol. The number of halogens is 3. The Labute approximate surface area is 127 Å². The van der Waals surface area contributed by atoms with Crippen molar-refractivity contribution in [3.05, 3.63) is 29.6 Å². The predicted molar refractivity (Wildman–Crippen MR) is 76.4 cm³/mol. The summed E-state index contributed by atoms with van der Waals surface area (Å²) in [4.78, 5) is 11.4. The number of benzene rings is 1. The summed E-state index contributed by atoms with van der Waals surface area (Å²) in [6.07, 6.45) is 0.804. The van der Waals surface area contributed by atoms with Crippen molar-refractivity contribution in [1.29, 1.82) is 0 Å². The van der Waals surface area contributed by atoms with Gasteiger partial charge in [-0.3, -0.25) is 9.10 Å². The molecule has 5 nitrogen and oxygen atoms in total. The van der Waals surface area contributed by atoms with Gasteiger partial charge in [-0.05, 0) is 12.1 Å². The molecule has 0 atom stereocenters. The van der Waals surface area contributed by atoms with Crippen LogP contribution < -0.4 is 9.62 Å². The summed E-state index contributed by atoms with van der Waals surface area (Å²) < 4.78 is 63.9. The Morgan fingerprint density at radius 2 is 1.82 bits per heavy atom. The van der Waals surface area contributed by atoms with E-state index in [0.29, 0.717) is 10.4 Å². The first kappa shape index (κ1) is 18.3. The minimum atomic E-state index is -3.94. The summed E-state index contributed by atoms with van der Waals surface area (Å²) in [5.74, 6) is -5.37. The predicted octanol–water partition coefficient (Wildman–Crippen LogP) is 1.64. The van der Waals surface area contributed by atoms with Crippen molar-refractivity contribution in [1.82, 2.24) is 5.32 Å². The molecule has 0 spiro atoms. The summed E-state index contributed by atoms with van der Waals surface area (Å²) >= 11 is 0. The lowest BCUT2D eigenvalue weighted by Crippen LogP contribution is -2.39. The van der Waals surface area contributed by atoms with E-state index >= 15 is 0 Å². The van der Waals surface area contributed by atoms with Gasteiger partial charge in [-0.15, -0.1) is 0 Å². The van der Waals surface area contributed by atoms with Crippen molar-refractivity contribution in [2.45, 2.75) is 13.8 Å². The minimum Gasteiger partial charge on any atom is -0.354 e. The molecule has 22 heavy (non-hydrogen) atoms. The summed E-state index contributed by atoms with van der Waals surface area (Å²) in [5, 5.41) is 2.46. The second-order valence-corrected chi connectivity index (χ2v) is 6.88. The standard InChI is InChI=1S/C13H17F3N2O3S/c1-8(2)13(19)17-6-7-18(22(3,20)21)10-5-4-9(14)11(15)12(10)16/h4-5,8H,6-7H2,1-3H3,(H,17,19). The Kier molecular flexibility index (Phi) is 5.81. The second kappa shape index (κ2) is 6.99. The van der Waals surface area contributed by atoms with Crippen LogP contribution in [0.3, 0.4) is 0 Å². The lowest BCUT2D eigenvalue weighted by atomic mass is 10.2. The van der Waals surface area contributed by atoms with Crippen LogP contribution in [0.25, 0.3) is 0 Å². The van der Waals surface area contributed by atoms with E-state index in [1.54, 1.807) is 13.8 Å². The molecular formula is C13H17F3N2O3S. The number of rotatable bonds is 6.